The number of benzene rings is 2. The molecule has 1 aliphatic carbocycles. The molecule has 0 aliphatic heterocycles. The van der Waals surface area contributed by atoms with Crippen LogP contribution >= 0.6 is 11.3 Å². The van der Waals surface area contributed by atoms with Crippen molar-refractivity contribution in [1.82, 2.24) is 0 Å². The molecule has 2 aromatic carbocycles. The van der Waals surface area contributed by atoms with Gasteiger partial charge < -0.3 is 10.1 Å². The zero-order chi connectivity index (χ0) is 22.9. The van der Waals surface area contributed by atoms with E-state index < -0.39 is 21.9 Å². The minimum atomic E-state index is -3.88. The van der Waals surface area contributed by atoms with E-state index in [0.29, 0.717) is 10.6 Å². The van der Waals surface area contributed by atoms with E-state index in [1.165, 1.54) is 42.7 Å². The molecule has 1 heterocycles. The number of carbonyl (C=O) groups excluding carboxylic acids is 2. The molecule has 166 valence electrons. The van der Waals surface area contributed by atoms with Gasteiger partial charge in [0.05, 0.1) is 28.8 Å². The number of methoxy groups -OCH3 is 1. The van der Waals surface area contributed by atoms with Gasteiger partial charge in [0.2, 0.25) is 0 Å². The van der Waals surface area contributed by atoms with E-state index in [2.05, 4.69) is 10.0 Å². The Balaban J connectivity index is 1.63. The van der Waals surface area contributed by atoms with Gasteiger partial charge in [-0.05, 0) is 56.0 Å². The summed E-state index contributed by atoms with van der Waals surface area (Å²) in [6.07, 6.45) is 2.58. The van der Waals surface area contributed by atoms with Gasteiger partial charge in [-0.2, -0.15) is 0 Å². The second-order valence-electron chi connectivity index (χ2n) is 7.47. The molecule has 4 rings (SSSR count). The molecule has 9 heteroatoms. The topological polar surface area (TPSA) is 102 Å². The number of carbonyl (C=O) groups is 2. The Kier molecular flexibility index (Phi) is 6.03. The minimum Gasteiger partial charge on any atom is -0.465 e. The number of thiophene rings is 1. The van der Waals surface area contributed by atoms with Gasteiger partial charge in [-0.25, -0.2) is 13.2 Å². The third kappa shape index (κ3) is 4.26. The number of anilines is 2. The lowest BCUT2D eigenvalue weighted by Crippen LogP contribution is -2.19. The summed E-state index contributed by atoms with van der Waals surface area (Å²) < 4.78 is 33.1. The van der Waals surface area contributed by atoms with Crippen LogP contribution in [0, 0.1) is 6.92 Å². The molecule has 1 amide bonds. The molecule has 1 aliphatic rings. The van der Waals surface area contributed by atoms with Crippen LogP contribution in [0.25, 0.3) is 0 Å². The van der Waals surface area contributed by atoms with E-state index in [0.717, 1.165) is 35.3 Å². The molecule has 7 nitrogen and oxygen atoms in total. The summed E-state index contributed by atoms with van der Waals surface area (Å²) in [6, 6.07) is 12.8. The molecule has 3 aromatic rings. The fourth-order valence-electron chi connectivity index (χ4n) is 3.67. The summed E-state index contributed by atoms with van der Waals surface area (Å²) in [4.78, 5) is 26.6. The first-order valence-corrected chi connectivity index (χ1v) is 12.3. The van der Waals surface area contributed by atoms with Crippen LogP contribution in [0.15, 0.2) is 53.4 Å². The summed E-state index contributed by atoms with van der Waals surface area (Å²) in [7, 11) is -2.58. The standard InChI is InChI=1S/C23H22N2O5S2/c1-14-10-12-15(13-11-14)32(28,29)25-18-8-4-3-6-16(18)21(26)24-22-20(23(27)30-2)17-7-5-9-19(17)31-22/h3-4,6,8,10-13,25H,5,7,9H2,1-2H3,(H,24,26). The van der Waals surface area contributed by atoms with Gasteiger partial charge in [0, 0.05) is 4.88 Å². The normalized spacial score (nSPS) is 12.8. The van der Waals surface area contributed by atoms with Crippen molar-refractivity contribution in [2.75, 3.05) is 17.1 Å². The molecular weight excluding hydrogens is 448 g/mol. The Hall–Kier alpha value is -3.17. The molecular formula is C23H22N2O5S2. The maximum Gasteiger partial charge on any atom is 0.341 e. The number of aryl methyl sites for hydroxylation is 2. The third-order valence-electron chi connectivity index (χ3n) is 5.29. The maximum absolute atomic E-state index is 13.1. The Labute approximate surface area is 190 Å². The van der Waals surface area contributed by atoms with Crippen molar-refractivity contribution in [3.63, 3.8) is 0 Å². The number of para-hydroxylation sites is 1. The highest BCUT2D eigenvalue weighted by atomic mass is 32.2. The Morgan fingerprint density at radius 2 is 1.75 bits per heavy atom. The van der Waals surface area contributed by atoms with Crippen molar-refractivity contribution in [3.8, 4) is 0 Å². The molecule has 0 radical (unpaired) electrons. The molecule has 0 fully saturated rings. The molecule has 0 saturated heterocycles. The van der Waals surface area contributed by atoms with Crippen LogP contribution in [0.5, 0.6) is 0 Å². The van der Waals surface area contributed by atoms with Crippen LogP contribution in [0.2, 0.25) is 0 Å². The quantitative estimate of drug-likeness (QED) is 0.521. The second-order valence-corrected chi connectivity index (χ2v) is 10.3. The molecule has 0 unspecified atom stereocenters. The fraction of sp³-hybridized carbons (Fsp3) is 0.217. The summed E-state index contributed by atoms with van der Waals surface area (Å²) in [5.41, 5.74) is 2.54. The lowest BCUT2D eigenvalue weighted by molar-refractivity contribution is 0.0601. The smallest absolute Gasteiger partial charge is 0.341 e. The molecule has 32 heavy (non-hydrogen) atoms. The van der Waals surface area contributed by atoms with Gasteiger partial charge in [0.25, 0.3) is 15.9 Å². The SMILES string of the molecule is COC(=O)c1c(NC(=O)c2ccccc2NS(=O)(=O)c2ccc(C)cc2)sc2c1CCC2. The van der Waals surface area contributed by atoms with Crippen LogP contribution in [0.1, 0.15) is 43.1 Å². The van der Waals surface area contributed by atoms with Gasteiger partial charge in [-0.3, -0.25) is 9.52 Å². The predicted octanol–water partition coefficient (Wildman–Crippen LogP) is 4.38. The van der Waals surface area contributed by atoms with Gasteiger partial charge in [0.15, 0.2) is 0 Å². The highest BCUT2D eigenvalue weighted by Crippen LogP contribution is 2.39. The Morgan fingerprint density at radius 1 is 1.03 bits per heavy atom. The predicted molar refractivity (Wildman–Crippen MR) is 124 cm³/mol. The van der Waals surface area contributed by atoms with E-state index in [4.69, 9.17) is 4.74 Å². The van der Waals surface area contributed by atoms with Crippen LogP contribution in [0.4, 0.5) is 10.7 Å². The summed E-state index contributed by atoms with van der Waals surface area (Å²) in [5.74, 6) is -1.01. The zero-order valence-corrected chi connectivity index (χ0v) is 19.2. The van der Waals surface area contributed by atoms with Crippen LogP contribution in [0.3, 0.4) is 0 Å². The van der Waals surface area contributed by atoms with Gasteiger partial charge in [0.1, 0.15) is 5.00 Å². The van der Waals surface area contributed by atoms with E-state index in [1.807, 2.05) is 6.92 Å². The number of amides is 1. The van der Waals surface area contributed by atoms with E-state index in [9.17, 15) is 18.0 Å². The second kappa shape index (κ2) is 8.76. The lowest BCUT2D eigenvalue weighted by atomic mass is 10.1. The molecule has 2 N–H and O–H groups in total. The van der Waals surface area contributed by atoms with Crippen LogP contribution in [-0.4, -0.2) is 27.4 Å². The zero-order valence-electron chi connectivity index (χ0n) is 17.6. The van der Waals surface area contributed by atoms with Gasteiger partial charge >= 0.3 is 5.97 Å². The van der Waals surface area contributed by atoms with Crippen molar-refractivity contribution >= 4 is 43.9 Å². The average molecular weight is 471 g/mol. The van der Waals surface area contributed by atoms with Crippen molar-refractivity contribution < 1.29 is 22.7 Å². The largest absolute Gasteiger partial charge is 0.465 e. The van der Waals surface area contributed by atoms with Gasteiger partial charge in [-0.15, -0.1) is 11.3 Å². The van der Waals surface area contributed by atoms with Crippen molar-refractivity contribution in [2.45, 2.75) is 31.1 Å². The monoisotopic (exact) mass is 470 g/mol. The first kappa shape index (κ1) is 22.0. The first-order chi connectivity index (χ1) is 15.3. The molecule has 0 bridgehead atoms. The number of sulfonamides is 1. The molecule has 0 saturated carbocycles. The minimum absolute atomic E-state index is 0.0981. The van der Waals surface area contributed by atoms with Gasteiger partial charge in [-0.1, -0.05) is 29.8 Å². The van der Waals surface area contributed by atoms with E-state index in [-0.39, 0.29) is 16.1 Å². The number of fused-ring (bicyclic) bond motifs is 1. The lowest BCUT2D eigenvalue weighted by Gasteiger charge is -2.13. The third-order valence-corrected chi connectivity index (χ3v) is 7.87. The first-order valence-electron chi connectivity index (χ1n) is 10.0. The molecule has 0 atom stereocenters. The molecule has 1 aromatic heterocycles. The van der Waals surface area contributed by atoms with Crippen molar-refractivity contribution in [3.05, 3.63) is 75.7 Å². The molecule has 0 spiro atoms. The van der Waals surface area contributed by atoms with E-state index >= 15 is 0 Å². The van der Waals surface area contributed by atoms with E-state index in [1.54, 1.807) is 24.3 Å². The highest BCUT2D eigenvalue weighted by Gasteiger charge is 2.28. The number of esters is 1. The Bertz CT molecular complexity index is 1290. The van der Waals surface area contributed by atoms with Crippen molar-refractivity contribution in [2.24, 2.45) is 0 Å². The van der Waals surface area contributed by atoms with Crippen LogP contribution < -0.4 is 10.0 Å². The summed E-state index contributed by atoms with van der Waals surface area (Å²) in [5, 5.41) is 3.21. The Morgan fingerprint density at radius 3 is 2.47 bits per heavy atom. The average Bonchev–Trinajstić information content (AvgIpc) is 3.34. The maximum atomic E-state index is 13.1. The number of hydrogen-bond acceptors (Lipinski definition) is 6. The number of nitrogens with one attached hydrogen (secondary N) is 2. The fourth-order valence-corrected chi connectivity index (χ4v) is 6.02. The van der Waals surface area contributed by atoms with Crippen LogP contribution in [-0.2, 0) is 27.6 Å². The summed E-state index contributed by atoms with van der Waals surface area (Å²) in [6.45, 7) is 1.87. The summed E-state index contributed by atoms with van der Waals surface area (Å²) >= 11 is 1.36. The number of rotatable bonds is 6. The number of hydrogen-bond donors (Lipinski definition) is 2. The van der Waals surface area contributed by atoms with Crippen molar-refractivity contribution in [1.29, 1.82) is 0 Å². The highest BCUT2D eigenvalue weighted by molar-refractivity contribution is 7.92. The number of ether oxygens (including phenoxy) is 1.